The molecule has 1 aromatic rings. The molecule has 1 saturated carbocycles. The van der Waals surface area contributed by atoms with Gasteiger partial charge in [-0.25, -0.2) is 0 Å². The van der Waals surface area contributed by atoms with Crippen LogP contribution in [0.1, 0.15) is 12.0 Å². The number of para-hydroxylation sites is 1. The number of benzene rings is 1. The molecule has 0 spiro atoms. The maximum absolute atomic E-state index is 5.67. The lowest BCUT2D eigenvalue weighted by Crippen LogP contribution is -2.24. The summed E-state index contributed by atoms with van der Waals surface area (Å²) in [4.78, 5) is 2.54. The minimum absolute atomic E-state index is 0.803. The second-order valence-electron chi connectivity index (χ2n) is 4.82. The Hall–Kier alpha value is -1.02. The summed E-state index contributed by atoms with van der Waals surface area (Å²) in [7, 11) is 0. The Morgan fingerprint density at radius 3 is 2.93 bits per heavy atom. The zero-order chi connectivity index (χ0) is 10.3. The molecule has 0 bridgehead atoms. The van der Waals surface area contributed by atoms with Gasteiger partial charge in [0, 0.05) is 18.8 Å². The highest BCUT2D eigenvalue weighted by molar-refractivity contribution is 5.57. The number of fused-ring (bicyclic) bond motifs is 1. The molecule has 1 aliphatic carbocycles. The lowest BCUT2D eigenvalue weighted by atomic mass is 10.2. The van der Waals surface area contributed by atoms with Gasteiger partial charge in [0.2, 0.25) is 0 Å². The summed E-state index contributed by atoms with van der Waals surface area (Å²) in [6.07, 6.45) is 2.56. The summed E-state index contributed by atoms with van der Waals surface area (Å²) in [6.45, 7) is 3.30. The summed E-state index contributed by atoms with van der Waals surface area (Å²) in [5.41, 5.74) is 8.65. The van der Waals surface area contributed by atoms with Crippen molar-refractivity contribution >= 4 is 5.69 Å². The Balaban J connectivity index is 1.69. The molecule has 0 saturated heterocycles. The third-order valence-corrected chi connectivity index (χ3v) is 3.81. The summed E-state index contributed by atoms with van der Waals surface area (Å²) in [5.74, 6) is 1.67. The second-order valence-corrected chi connectivity index (χ2v) is 4.82. The highest BCUT2D eigenvalue weighted by Gasteiger charge is 2.37. The number of hydrogen-bond donors (Lipinski definition) is 1. The Morgan fingerprint density at radius 2 is 2.13 bits per heavy atom. The van der Waals surface area contributed by atoms with Gasteiger partial charge in [0.25, 0.3) is 0 Å². The molecule has 1 aromatic carbocycles. The molecule has 1 fully saturated rings. The molecular formula is C13H18N2. The van der Waals surface area contributed by atoms with Crippen molar-refractivity contribution in [2.24, 2.45) is 17.6 Å². The van der Waals surface area contributed by atoms with E-state index in [0.29, 0.717) is 0 Å². The van der Waals surface area contributed by atoms with Crippen molar-refractivity contribution in [3.63, 3.8) is 0 Å². The monoisotopic (exact) mass is 202 g/mol. The van der Waals surface area contributed by atoms with E-state index in [4.69, 9.17) is 5.73 Å². The van der Waals surface area contributed by atoms with Crippen LogP contribution in [0.3, 0.4) is 0 Å². The maximum Gasteiger partial charge on any atom is 0.0399 e. The fourth-order valence-electron chi connectivity index (χ4n) is 2.70. The molecule has 0 unspecified atom stereocenters. The van der Waals surface area contributed by atoms with Crippen LogP contribution < -0.4 is 10.6 Å². The SMILES string of the molecule is NC[C@@H]1C[C@@H]1CN1CCc2ccccc21. The van der Waals surface area contributed by atoms with E-state index in [2.05, 4.69) is 29.2 Å². The third-order valence-electron chi connectivity index (χ3n) is 3.81. The van der Waals surface area contributed by atoms with Gasteiger partial charge in [-0.15, -0.1) is 0 Å². The fourth-order valence-corrected chi connectivity index (χ4v) is 2.70. The van der Waals surface area contributed by atoms with Gasteiger partial charge in [-0.3, -0.25) is 0 Å². The Kier molecular flexibility index (Phi) is 2.17. The van der Waals surface area contributed by atoms with Crippen LogP contribution in [0, 0.1) is 11.8 Å². The van der Waals surface area contributed by atoms with E-state index in [1.54, 1.807) is 0 Å². The van der Waals surface area contributed by atoms with E-state index in [0.717, 1.165) is 18.4 Å². The Bertz CT molecular complexity index is 361. The van der Waals surface area contributed by atoms with Gasteiger partial charge in [-0.05, 0) is 42.9 Å². The lowest BCUT2D eigenvalue weighted by molar-refractivity contribution is 0.675. The van der Waals surface area contributed by atoms with Gasteiger partial charge in [0.15, 0.2) is 0 Å². The van der Waals surface area contributed by atoms with Crippen LogP contribution in [0.15, 0.2) is 24.3 Å². The molecule has 2 N–H and O–H groups in total. The van der Waals surface area contributed by atoms with Crippen LogP contribution in [-0.2, 0) is 6.42 Å². The summed E-state index contributed by atoms with van der Waals surface area (Å²) < 4.78 is 0. The quantitative estimate of drug-likeness (QED) is 0.807. The number of hydrogen-bond acceptors (Lipinski definition) is 2. The normalized spacial score (nSPS) is 27.9. The number of rotatable bonds is 3. The fraction of sp³-hybridized carbons (Fsp3) is 0.538. The lowest BCUT2D eigenvalue weighted by Gasteiger charge is -2.19. The Labute approximate surface area is 91.1 Å². The van der Waals surface area contributed by atoms with E-state index >= 15 is 0 Å². The molecule has 2 atom stereocenters. The van der Waals surface area contributed by atoms with Gasteiger partial charge in [0.05, 0.1) is 0 Å². The maximum atomic E-state index is 5.67. The molecule has 2 nitrogen and oxygen atoms in total. The molecular weight excluding hydrogens is 184 g/mol. The number of nitrogens with zero attached hydrogens (tertiary/aromatic N) is 1. The van der Waals surface area contributed by atoms with Crippen molar-refractivity contribution in [1.29, 1.82) is 0 Å². The minimum Gasteiger partial charge on any atom is -0.371 e. The zero-order valence-electron chi connectivity index (χ0n) is 9.02. The second kappa shape index (κ2) is 3.53. The van der Waals surface area contributed by atoms with Gasteiger partial charge in [-0.2, -0.15) is 0 Å². The Morgan fingerprint density at radius 1 is 1.27 bits per heavy atom. The molecule has 0 radical (unpaired) electrons. The van der Waals surface area contributed by atoms with E-state index in [-0.39, 0.29) is 0 Å². The molecule has 2 heteroatoms. The van der Waals surface area contributed by atoms with Gasteiger partial charge >= 0.3 is 0 Å². The molecule has 0 aromatic heterocycles. The van der Waals surface area contributed by atoms with Crippen molar-refractivity contribution in [3.05, 3.63) is 29.8 Å². The van der Waals surface area contributed by atoms with E-state index in [9.17, 15) is 0 Å². The van der Waals surface area contributed by atoms with Crippen LogP contribution in [0.25, 0.3) is 0 Å². The predicted molar refractivity (Wildman–Crippen MR) is 63.0 cm³/mol. The van der Waals surface area contributed by atoms with E-state index in [1.807, 2.05) is 0 Å². The molecule has 15 heavy (non-hydrogen) atoms. The highest BCUT2D eigenvalue weighted by Crippen LogP contribution is 2.40. The molecule has 80 valence electrons. The average molecular weight is 202 g/mol. The van der Waals surface area contributed by atoms with Crippen LogP contribution >= 0.6 is 0 Å². The van der Waals surface area contributed by atoms with E-state index < -0.39 is 0 Å². The molecule has 1 aliphatic heterocycles. The van der Waals surface area contributed by atoms with Gasteiger partial charge < -0.3 is 10.6 Å². The molecule has 1 heterocycles. The molecule has 3 rings (SSSR count). The smallest absolute Gasteiger partial charge is 0.0399 e. The summed E-state index contributed by atoms with van der Waals surface area (Å²) in [5, 5.41) is 0. The van der Waals surface area contributed by atoms with Crippen molar-refractivity contribution in [1.82, 2.24) is 0 Å². The average Bonchev–Trinajstić information content (AvgIpc) is 2.91. The van der Waals surface area contributed by atoms with E-state index in [1.165, 1.54) is 37.2 Å². The van der Waals surface area contributed by atoms with Crippen LogP contribution in [0.2, 0.25) is 0 Å². The van der Waals surface area contributed by atoms with Crippen molar-refractivity contribution < 1.29 is 0 Å². The van der Waals surface area contributed by atoms with Crippen LogP contribution in [0.5, 0.6) is 0 Å². The predicted octanol–water partition coefficient (Wildman–Crippen LogP) is 1.64. The van der Waals surface area contributed by atoms with Crippen molar-refractivity contribution in [2.75, 3.05) is 24.5 Å². The minimum atomic E-state index is 0.803. The van der Waals surface area contributed by atoms with Crippen LogP contribution in [-0.4, -0.2) is 19.6 Å². The largest absolute Gasteiger partial charge is 0.371 e. The standard InChI is InChI=1S/C13H18N2/c14-8-11-7-12(11)9-15-6-5-10-3-1-2-4-13(10)15/h1-4,11-12H,5-9,14H2/t11-,12+/m0/s1. The number of nitrogens with two attached hydrogens (primary N) is 1. The molecule has 0 amide bonds. The number of anilines is 1. The van der Waals surface area contributed by atoms with Crippen LogP contribution in [0.4, 0.5) is 5.69 Å². The first kappa shape index (κ1) is 9.22. The van der Waals surface area contributed by atoms with Gasteiger partial charge in [0.1, 0.15) is 0 Å². The highest BCUT2D eigenvalue weighted by atomic mass is 15.2. The topological polar surface area (TPSA) is 29.3 Å². The summed E-state index contributed by atoms with van der Waals surface area (Å²) in [6, 6.07) is 8.79. The first-order chi connectivity index (χ1) is 7.38. The van der Waals surface area contributed by atoms with Gasteiger partial charge in [-0.1, -0.05) is 18.2 Å². The first-order valence-corrected chi connectivity index (χ1v) is 5.91. The van der Waals surface area contributed by atoms with Crippen molar-refractivity contribution in [2.45, 2.75) is 12.8 Å². The zero-order valence-corrected chi connectivity index (χ0v) is 9.02. The first-order valence-electron chi connectivity index (χ1n) is 5.91. The summed E-state index contributed by atoms with van der Waals surface area (Å²) >= 11 is 0. The molecule has 2 aliphatic rings. The third kappa shape index (κ3) is 1.63. The van der Waals surface area contributed by atoms with Crippen molar-refractivity contribution in [3.8, 4) is 0 Å².